The minimum Gasteiger partial charge on any atom is -0.338 e. The number of thiophene rings is 1. The van der Waals surface area contributed by atoms with Crippen LogP contribution >= 0.6 is 11.3 Å². The van der Waals surface area contributed by atoms with E-state index in [9.17, 15) is 0 Å². The first-order valence-corrected chi connectivity index (χ1v) is 6.51. The molecule has 0 saturated heterocycles. The van der Waals surface area contributed by atoms with Crippen molar-refractivity contribution in [1.29, 1.82) is 0 Å². The molecule has 0 aliphatic heterocycles. The maximum Gasteiger partial charge on any atom is 0.108 e. The highest BCUT2D eigenvalue weighted by Gasteiger charge is 2.12. The number of hydrazine groups is 1. The summed E-state index contributed by atoms with van der Waals surface area (Å²) in [5.74, 6) is 6.72. The van der Waals surface area contributed by atoms with Gasteiger partial charge in [-0.2, -0.15) is 0 Å². The van der Waals surface area contributed by atoms with Crippen molar-refractivity contribution >= 4 is 11.3 Å². The quantitative estimate of drug-likeness (QED) is 0.630. The highest BCUT2D eigenvalue weighted by atomic mass is 32.1. The molecular formula is C12H18N4S. The first-order valence-electron chi connectivity index (χ1n) is 5.69. The summed E-state index contributed by atoms with van der Waals surface area (Å²) in [7, 11) is 2.02. The number of rotatable bonds is 5. The maximum absolute atomic E-state index is 5.62. The van der Waals surface area contributed by atoms with Crippen molar-refractivity contribution in [2.24, 2.45) is 12.9 Å². The van der Waals surface area contributed by atoms with Crippen molar-refractivity contribution in [3.05, 3.63) is 40.1 Å². The topological polar surface area (TPSA) is 55.9 Å². The van der Waals surface area contributed by atoms with Gasteiger partial charge < -0.3 is 4.57 Å². The third-order valence-electron chi connectivity index (χ3n) is 2.88. The number of imidazole rings is 1. The third-order valence-corrected chi connectivity index (χ3v) is 4.00. The minimum atomic E-state index is 0.213. The fourth-order valence-electron chi connectivity index (χ4n) is 1.86. The van der Waals surface area contributed by atoms with E-state index >= 15 is 0 Å². The molecule has 92 valence electrons. The second-order valence-electron chi connectivity index (χ2n) is 4.16. The Bertz CT molecular complexity index is 474. The molecule has 0 bridgehead atoms. The molecule has 0 radical (unpaired) electrons. The van der Waals surface area contributed by atoms with Crippen LogP contribution in [0.1, 0.15) is 28.0 Å². The molecule has 2 aromatic heterocycles. The maximum atomic E-state index is 5.62. The lowest BCUT2D eigenvalue weighted by Gasteiger charge is -2.13. The van der Waals surface area contributed by atoms with Gasteiger partial charge in [-0.25, -0.2) is 4.98 Å². The number of aryl methyl sites for hydroxylation is 3. The van der Waals surface area contributed by atoms with Gasteiger partial charge in [0.05, 0.1) is 6.04 Å². The molecule has 0 spiro atoms. The Balaban J connectivity index is 1.99. The van der Waals surface area contributed by atoms with Crippen LogP contribution in [-0.2, 0) is 13.5 Å². The second-order valence-corrected chi connectivity index (χ2v) is 5.48. The summed E-state index contributed by atoms with van der Waals surface area (Å²) >= 11 is 1.79. The van der Waals surface area contributed by atoms with Crippen LogP contribution < -0.4 is 11.3 Å². The predicted molar refractivity (Wildman–Crippen MR) is 70.6 cm³/mol. The zero-order valence-corrected chi connectivity index (χ0v) is 11.0. The van der Waals surface area contributed by atoms with Gasteiger partial charge >= 0.3 is 0 Å². The van der Waals surface area contributed by atoms with Crippen molar-refractivity contribution in [3.63, 3.8) is 0 Å². The Kier molecular flexibility index (Phi) is 3.93. The first-order chi connectivity index (χ1) is 8.20. The Hall–Kier alpha value is -1.17. The summed E-state index contributed by atoms with van der Waals surface area (Å²) in [6.07, 6.45) is 5.68. The SMILES string of the molecule is Cc1ccc(C(CCc2nccn2C)NN)s1. The average molecular weight is 250 g/mol. The molecule has 0 saturated carbocycles. The molecule has 2 aromatic rings. The van der Waals surface area contributed by atoms with Crippen LogP contribution in [0.4, 0.5) is 0 Å². The summed E-state index contributed by atoms with van der Waals surface area (Å²) in [6.45, 7) is 2.11. The molecule has 4 nitrogen and oxygen atoms in total. The van der Waals surface area contributed by atoms with Gasteiger partial charge in [-0.15, -0.1) is 11.3 Å². The van der Waals surface area contributed by atoms with Crippen molar-refractivity contribution < 1.29 is 0 Å². The Labute approximate surface area is 105 Å². The van der Waals surface area contributed by atoms with Gasteiger partial charge in [0.2, 0.25) is 0 Å². The van der Waals surface area contributed by atoms with Crippen LogP contribution in [0.3, 0.4) is 0 Å². The molecule has 1 unspecified atom stereocenters. The zero-order chi connectivity index (χ0) is 12.3. The third kappa shape index (κ3) is 2.94. The van der Waals surface area contributed by atoms with Crippen LogP contribution in [0, 0.1) is 6.92 Å². The summed E-state index contributed by atoms with van der Waals surface area (Å²) in [4.78, 5) is 6.93. The molecule has 5 heteroatoms. The van der Waals surface area contributed by atoms with E-state index in [2.05, 4.69) is 29.5 Å². The van der Waals surface area contributed by atoms with Gasteiger partial charge in [0.1, 0.15) is 5.82 Å². The van der Waals surface area contributed by atoms with Gasteiger partial charge in [-0.3, -0.25) is 11.3 Å². The number of hydrogen-bond acceptors (Lipinski definition) is 4. The fourth-order valence-corrected chi connectivity index (χ4v) is 2.83. The average Bonchev–Trinajstić information content (AvgIpc) is 2.90. The van der Waals surface area contributed by atoms with Crippen molar-refractivity contribution in [2.45, 2.75) is 25.8 Å². The standard InChI is InChI=1S/C12H18N4S/c1-9-3-5-11(17-9)10(15-13)4-6-12-14-7-8-16(12)2/h3,5,7-8,10,15H,4,6,13H2,1-2H3. The number of hydrogen-bond donors (Lipinski definition) is 2. The van der Waals surface area contributed by atoms with Crippen molar-refractivity contribution in [2.75, 3.05) is 0 Å². The number of nitrogens with zero attached hydrogens (tertiary/aromatic N) is 2. The molecule has 17 heavy (non-hydrogen) atoms. The van der Waals surface area contributed by atoms with E-state index in [0.717, 1.165) is 18.7 Å². The van der Waals surface area contributed by atoms with Crippen LogP contribution in [0.2, 0.25) is 0 Å². The molecule has 2 rings (SSSR count). The van der Waals surface area contributed by atoms with E-state index in [1.165, 1.54) is 9.75 Å². The predicted octanol–water partition coefficient (Wildman–Crippen LogP) is 1.93. The summed E-state index contributed by atoms with van der Waals surface area (Å²) < 4.78 is 2.05. The van der Waals surface area contributed by atoms with Gasteiger partial charge in [0.25, 0.3) is 0 Å². The first kappa shape index (κ1) is 12.3. The number of aromatic nitrogens is 2. The normalized spacial score (nSPS) is 12.9. The van der Waals surface area contributed by atoms with Gasteiger partial charge in [-0.05, 0) is 25.5 Å². The lowest BCUT2D eigenvalue weighted by Crippen LogP contribution is -2.28. The zero-order valence-electron chi connectivity index (χ0n) is 10.2. The fraction of sp³-hybridized carbons (Fsp3) is 0.417. The minimum absolute atomic E-state index is 0.213. The summed E-state index contributed by atoms with van der Waals surface area (Å²) in [5, 5.41) is 0. The molecule has 3 N–H and O–H groups in total. The van der Waals surface area contributed by atoms with Crippen LogP contribution in [-0.4, -0.2) is 9.55 Å². The van der Waals surface area contributed by atoms with E-state index in [1.54, 1.807) is 11.3 Å². The monoisotopic (exact) mass is 250 g/mol. The molecule has 0 aromatic carbocycles. The van der Waals surface area contributed by atoms with E-state index < -0.39 is 0 Å². The molecule has 1 atom stereocenters. The summed E-state index contributed by atoms with van der Waals surface area (Å²) in [6, 6.07) is 4.49. The highest BCUT2D eigenvalue weighted by molar-refractivity contribution is 7.12. The van der Waals surface area contributed by atoms with Crippen molar-refractivity contribution in [3.8, 4) is 0 Å². The van der Waals surface area contributed by atoms with Crippen LogP contribution in [0.15, 0.2) is 24.5 Å². The van der Waals surface area contributed by atoms with E-state index in [4.69, 9.17) is 5.84 Å². The lowest BCUT2D eigenvalue weighted by molar-refractivity contribution is 0.513. The van der Waals surface area contributed by atoms with E-state index in [1.807, 2.05) is 24.0 Å². The molecule has 0 aliphatic carbocycles. The Morgan fingerprint density at radius 2 is 2.35 bits per heavy atom. The number of nitrogens with one attached hydrogen (secondary N) is 1. The summed E-state index contributed by atoms with van der Waals surface area (Å²) in [5.41, 5.74) is 2.89. The van der Waals surface area contributed by atoms with Crippen LogP contribution in [0.5, 0.6) is 0 Å². The van der Waals surface area contributed by atoms with E-state index in [-0.39, 0.29) is 6.04 Å². The van der Waals surface area contributed by atoms with Gasteiger partial charge in [0, 0.05) is 35.6 Å². The lowest BCUT2D eigenvalue weighted by atomic mass is 10.1. The van der Waals surface area contributed by atoms with Crippen LogP contribution in [0.25, 0.3) is 0 Å². The smallest absolute Gasteiger partial charge is 0.108 e. The number of nitrogens with two attached hydrogens (primary N) is 1. The van der Waals surface area contributed by atoms with Crippen molar-refractivity contribution in [1.82, 2.24) is 15.0 Å². The molecule has 0 aliphatic rings. The second kappa shape index (κ2) is 5.44. The van der Waals surface area contributed by atoms with Gasteiger partial charge in [-0.1, -0.05) is 0 Å². The highest BCUT2D eigenvalue weighted by Crippen LogP contribution is 2.25. The largest absolute Gasteiger partial charge is 0.338 e. The molecule has 0 amide bonds. The molecule has 2 heterocycles. The molecular weight excluding hydrogens is 232 g/mol. The Morgan fingerprint density at radius 3 is 2.88 bits per heavy atom. The van der Waals surface area contributed by atoms with E-state index in [0.29, 0.717) is 0 Å². The van der Waals surface area contributed by atoms with Gasteiger partial charge in [0.15, 0.2) is 0 Å². The Morgan fingerprint density at radius 1 is 1.53 bits per heavy atom. The molecule has 0 fully saturated rings.